The Balaban J connectivity index is 1.28. The number of hydrogen-bond donors (Lipinski definition) is 0. The number of halogens is 2. The summed E-state index contributed by atoms with van der Waals surface area (Å²) in [5.74, 6) is 2.82. The van der Waals surface area contributed by atoms with Gasteiger partial charge in [-0.25, -0.2) is 13.8 Å². The van der Waals surface area contributed by atoms with Gasteiger partial charge in [0.15, 0.2) is 23.0 Å². The van der Waals surface area contributed by atoms with E-state index < -0.39 is 17.7 Å². The molecule has 0 unspecified atom stereocenters. The summed E-state index contributed by atoms with van der Waals surface area (Å²) in [6.07, 6.45) is -0.387. The maximum atomic E-state index is 13.0. The van der Waals surface area contributed by atoms with Gasteiger partial charge in [-0.2, -0.15) is 4.52 Å². The SMILES string of the molecule is Cc1cc2nc(C(F)F)cc(=O)n2nc1N1CCC(Oc2ccc3c(c2)OCCCO3)CC1. The van der Waals surface area contributed by atoms with E-state index in [0.717, 1.165) is 46.9 Å². The molecule has 4 heterocycles. The highest BCUT2D eigenvalue weighted by Gasteiger charge is 2.24. The van der Waals surface area contributed by atoms with E-state index in [1.165, 1.54) is 0 Å². The molecule has 5 rings (SSSR count). The number of aromatic nitrogens is 3. The van der Waals surface area contributed by atoms with Crippen molar-refractivity contribution in [3.63, 3.8) is 0 Å². The number of piperidine rings is 1. The number of nitrogens with zero attached hydrogens (tertiary/aromatic N) is 4. The predicted octanol–water partition coefficient (Wildman–Crippen LogP) is 3.54. The van der Waals surface area contributed by atoms with Crippen LogP contribution in [0.3, 0.4) is 0 Å². The average Bonchev–Trinajstić information content (AvgIpc) is 3.04. The molecule has 33 heavy (non-hydrogen) atoms. The molecule has 3 aromatic rings. The molecule has 2 aliphatic rings. The summed E-state index contributed by atoms with van der Waals surface area (Å²) in [6.45, 7) is 4.47. The molecule has 174 valence electrons. The van der Waals surface area contributed by atoms with Crippen LogP contribution in [0.5, 0.6) is 17.2 Å². The molecule has 0 radical (unpaired) electrons. The highest BCUT2D eigenvalue weighted by Crippen LogP contribution is 2.34. The zero-order chi connectivity index (χ0) is 22.9. The molecule has 1 aromatic carbocycles. The fraction of sp³-hybridized carbons (Fsp3) is 0.435. The van der Waals surface area contributed by atoms with Crippen molar-refractivity contribution in [2.75, 3.05) is 31.2 Å². The summed E-state index contributed by atoms with van der Waals surface area (Å²) in [5.41, 5.74) is -0.270. The minimum atomic E-state index is -2.81. The van der Waals surface area contributed by atoms with Crippen molar-refractivity contribution in [2.45, 2.75) is 38.7 Å². The molecule has 1 fully saturated rings. The number of anilines is 1. The Hall–Kier alpha value is -3.43. The average molecular weight is 458 g/mol. The number of ether oxygens (including phenoxy) is 3. The van der Waals surface area contributed by atoms with Gasteiger partial charge in [0.25, 0.3) is 12.0 Å². The summed E-state index contributed by atoms with van der Waals surface area (Å²) in [4.78, 5) is 18.2. The molecule has 8 nitrogen and oxygen atoms in total. The maximum Gasteiger partial charge on any atom is 0.280 e. The van der Waals surface area contributed by atoms with Crippen LogP contribution in [0, 0.1) is 6.92 Å². The Morgan fingerprint density at radius 1 is 1.09 bits per heavy atom. The molecule has 1 saturated heterocycles. The van der Waals surface area contributed by atoms with Crippen LogP contribution in [-0.2, 0) is 0 Å². The molecule has 2 aromatic heterocycles. The minimum Gasteiger partial charge on any atom is -0.490 e. The normalized spacial score (nSPS) is 16.8. The van der Waals surface area contributed by atoms with Crippen molar-refractivity contribution in [3.8, 4) is 17.2 Å². The van der Waals surface area contributed by atoms with Crippen molar-refractivity contribution in [2.24, 2.45) is 0 Å². The third-order valence-corrected chi connectivity index (χ3v) is 5.82. The molecule has 0 atom stereocenters. The third kappa shape index (κ3) is 4.42. The Morgan fingerprint density at radius 2 is 1.85 bits per heavy atom. The topological polar surface area (TPSA) is 78.2 Å². The van der Waals surface area contributed by atoms with Crippen molar-refractivity contribution < 1.29 is 23.0 Å². The van der Waals surface area contributed by atoms with Crippen LogP contribution < -0.4 is 24.7 Å². The van der Waals surface area contributed by atoms with Gasteiger partial charge >= 0.3 is 0 Å². The van der Waals surface area contributed by atoms with E-state index in [1.807, 2.05) is 25.1 Å². The van der Waals surface area contributed by atoms with Gasteiger partial charge in [-0.1, -0.05) is 0 Å². The molecule has 0 bridgehead atoms. The van der Waals surface area contributed by atoms with Crippen molar-refractivity contribution in [1.29, 1.82) is 0 Å². The van der Waals surface area contributed by atoms with Crippen LogP contribution in [0.15, 0.2) is 35.1 Å². The van der Waals surface area contributed by atoms with Crippen LogP contribution in [0.25, 0.3) is 5.65 Å². The molecule has 0 aliphatic carbocycles. The smallest absolute Gasteiger partial charge is 0.280 e. The Bertz CT molecular complexity index is 1230. The maximum absolute atomic E-state index is 13.0. The standard InChI is InChI=1S/C23H24F2N4O4/c1-14-11-20-26-17(22(24)25)13-21(30)29(20)27-23(14)28-7-5-15(6-8-28)33-16-3-4-18-19(12-16)32-10-2-9-31-18/h3-4,11-13,15,22H,2,5-10H2,1H3. The first kappa shape index (κ1) is 21.4. The van der Waals surface area contributed by atoms with Gasteiger partial charge in [0.2, 0.25) is 0 Å². The van der Waals surface area contributed by atoms with Crippen LogP contribution >= 0.6 is 0 Å². The fourth-order valence-electron chi connectivity index (χ4n) is 4.16. The lowest BCUT2D eigenvalue weighted by atomic mass is 10.1. The van der Waals surface area contributed by atoms with Gasteiger partial charge in [0.05, 0.1) is 13.2 Å². The van der Waals surface area contributed by atoms with Gasteiger partial charge in [-0.3, -0.25) is 4.79 Å². The van der Waals surface area contributed by atoms with E-state index in [2.05, 4.69) is 15.0 Å². The van der Waals surface area contributed by atoms with Crippen LogP contribution in [0.1, 0.15) is 36.9 Å². The Morgan fingerprint density at radius 3 is 2.61 bits per heavy atom. The number of fused-ring (bicyclic) bond motifs is 2. The number of benzene rings is 1. The molecular formula is C23H24F2N4O4. The lowest BCUT2D eigenvalue weighted by Gasteiger charge is -2.33. The quantitative estimate of drug-likeness (QED) is 0.592. The first-order valence-electron chi connectivity index (χ1n) is 11.0. The van der Waals surface area contributed by atoms with Crippen LogP contribution in [0.4, 0.5) is 14.6 Å². The molecule has 0 N–H and O–H groups in total. The van der Waals surface area contributed by atoms with E-state index >= 15 is 0 Å². The van der Waals surface area contributed by atoms with E-state index in [4.69, 9.17) is 14.2 Å². The highest BCUT2D eigenvalue weighted by molar-refractivity contribution is 5.53. The van der Waals surface area contributed by atoms with Gasteiger partial charge in [-0.15, -0.1) is 5.10 Å². The van der Waals surface area contributed by atoms with Crippen molar-refractivity contribution in [1.82, 2.24) is 14.6 Å². The summed E-state index contributed by atoms with van der Waals surface area (Å²) in [6, 6.07) is 8.09. The monoisotopic (exact) mass is 458 g/mol. The van der Waals surface area contributed by atoms with E-state index in [9.17, 15) is 13.6 Å². The van der Waals surface area contributed by atoms with E-state index in [1.54, 1.807) is 6.07 Å². The lowest BCUT2D eigenvalue weighted by molar-refractivity contribution is 0.146. The summed E-state index contributed by atoms with van der Waals surface area (Å²) < 4.78 is 44.6. The zero-order valence-electron chi connectivity index (χ0n) is 18.2. The van der Waals surface area contributed by atoms with Gasteiger partial charge in [-0.05, 0) is 30.7 Å². The molecule has 2 aliphatic heterocycles. The molecule has 0 amide bonds. The summed E-state index contributed by atoms with van der Waals surface area (Å²) in [7, 11) is 0. The fourth-order valence-corrected chi connectivity index (χ4v) is 4.16. The first-order valence-corrected chi connectivity index (χ1v) is 11.0. The van der Waals surface area contributed by atoms with E-state index in [0.29, 0.717) is 37.9 Å². The summed E-state index contributed by atoms with van der Waals surface area (Å²) >= 11 is 0. The number of aryl methyl sites for hydroxylation is 1. The second kappa shape index (κ2) is 8.84. The third-order valence-electron chi connectivity index (χ3n) is 5.82. The molecule has 0 spiro atoms. The second-order valence-corrected chi connectivity index (χ2v) is 8.20. The summed E-state index contributed by atoms with van der Waals surface area (Å²) in [5, 5.41) is 4.42. The molecule has 0 saturated carbocycles. The van der Waals surface area contributed by atoms with Gasteiger partial charge < -0.3 is 19.1 Å². The Labute approximate surface area is 188 Å². The van der Waals surface area contributed by atoms with Crippen LogP contribution in [0.2, 0.25) is 0 Å². The predicted molar refractivity (Wildman–Crippen MR) is 117 cm³/mol. The Kier molecular flexibility index (Phi) is 5.74. The van der Waals surface area contributed by atoms with Crippen molar-refractivity contribution in [3.05, 3.63) is 51.9 Å². The largest absolute Gasteiger partial charge is 0.490 e. The number of rotatable bonds is 4. The zero-order valence-corrected chi connectivity index (χ0v) is 18.2. The van der Waals surface area contributed by atoms with Gasteiger partial charge in [0.1, 0.15) is 17.5 Å². The number of hydrogen-bond acceptors (Lipinski definition) is 7. The minimum absolute atomic E-state index is 0.0322. The van der Waals surface area contributed by atoms with Crippen LogP contribution in [-0.4, -0.2) is 47.0 Å². The molecule has 10 heteroatoms. The first-order chi connectivity index (χ1) is 16.0. The molecular weight excluding hydrogens is 434 g/mol. The van der Waals surface area contributed by atoms with E-state index in [-0.39, 0.29) is 11.8 Å². The van der Waals surface area contributed by atoms with Gasteiger partial charge in [0, 0.05) is 44.5 Å². The second-order valence-electron chi connectivity index (χ2n) is 8.20. The lowest BCUT2D eigenvalue weighted by Crippen LogP contribution is -2.39. The highest BCUT2D eigenvalue weighted by atomic mass is 19.3. The van der Waals surface area contributed by atoms with Crippen molar-refractivity contribution >= 4 is 11.5 Å². The number of alkyl halides is 2.